The van der Waals surface area contributed by atoms with E-state index in [0.717, 1.165) is 47.6 Å². The van der Waals surface area contributed by atoms with Crippen molar-refractivity contribution >= 4 is 23.5 Å². The van der Waals surface area contributed by atoms with Crippen molar-refractivity contribution in [1.29, 1.82) is 0 Å². The number of ether oxygens (including phenoxy) is 1. The van der Waals surface area contributed by atoms with E-state index < -0.39 is 0 Å². The van der Waals surface area contributed by atoms with Crippen LogP contribution in [0.25, 0.3) is 16.4 Å². The third kappa shape index (κ3) is 5.41. The Morgan fingerprint density at radius 3 is 2.71 bits per heavy atom. The normalized spacial score (nSPS) is 18.3. The second-order valence-electron chi connectivity index (χ2n) is 8.28. The minimum atomic E-state index is 0.156. The molecule has 2 aromatic rings. The lowest BCUT2D eigenvalue weighted by Crippen LogP contribution is -2.35. The Morgan fingerprint density at radius 2 is 2.00 bits per heavy atom. The molecule has 0 atom stereocenters. The number of rotatable bonds is 8. The molecule has 2 heterocycles. The number of aromatic nitrogens is 1. The van der Waals surface area contributed by atoms with Gasteiger partial charge in [-0.05, 0) is 29.2 Å². The highest BCUT2D eigenvalue weighted by Crippen LogP contribution is 2.31. The maximum absolute atomic E-state index is 10.7. The number of nitrogens with two attached hydrogens (primary N) is 1. The number of benzene rings is 1. The summed E-state index contributed by atoms with van der Waals surface area (Å²) in [5, 5.41) is 23.1. The Labute approximate surface area is 199 Å². The molecular weight excluding hydrogens is 426 g/mol. The van der Waals surface area contributed by atoms with Crippen LogP contribution in [-0.2, 0) is 17.8 Å². The maximum Gasteiger partial charge on any atom is 0.0659 e. The first-order valence-corrected chi connectivity index (χ1v) is 11.3. The fourth-order valence-corrected chi connectivity index (χ4v) is 4.16. The fraction of sp³-hybridized carbons (Fsp3) is 0.269. The van der Waals surface area contributed by atoms with Crippen LogP contribution in [0, 0.1) is 6.92 Å². The van der Waals surface area contributed by atoms with Crippen LogP contribution in [0.5, 0.6) is 0 Å². The summed E-state index contributed by atoms with van der Waals surface area (Å²) in [5.41, 5.74) is 12.5. The number of aliphatic imine (C=N–C) groups is 1. The molecule has 1 aliphatic heterocycles. The van der Waals surface area contributed by atoms with Crippen LogP contribution in [-0.4, -0.2) is 54.1 Å². The van der Waals surface area contributed by atoms with Crippen LogP contribution >= 0.6 is 0 Å². The molecule has 0 unspecified atom stereocenters. The van der Waals surface area contributed by atoms with Gasteiger partial charge in [-0.2, -0.15) is 0 Å². The van der Waals surface area contributed by atoms with Gasteiger partial charge in [-0.25, -0.2) is 0 Å². The monoisotopic (exact) mass is 455 g/mol. The highest BCUT2D eigenvalue weighted by atomic mass is 16.5. The van der Waals surface area contributed by atoms with Crippen LogP contribution in [0.3, 0.4) is 0 Å². The number of hydrogen-bond acceptors (Lipinski definition) is 3. The first-order valence-electron chi connectivity index (χ1n) is 11.3. The number of nitrogens with one attached hydrogen (secondary N) is 2. The topological polar surface area (TPSA) is 123 Å². The zero-order valence-electron chi connectivity index (χ0n) is 19.3. The second kappa shape index (κ2) is 10.9. The Balaban J connectivity index is 1.57. The predicted molar refractivity (Wildman–Crippen MR) is 139 cm³/mol. The largest absolute Gasteiger partial charge is 0.803 e. The van der Waals surface area contributed by atoms with E-state index in [-0.39, 0.29) is 11.5 Å². The van der Waals surface area contributed by atoms with E-state index in [9.17, 15) is 5.41 Å². The molecule has 34 heavy (non-hydrogen) atoms. The van der Waals surface area contributed by atoms with E-state index in [1.54, 1.807) is 12.3 Å². The van der Waals surface area contributed by atoms with Gasteiger partial charge in [0.2, 0.25) is 0 Å². The minimum absolute atomic E-state index is 0.156. The number of H-pyrrole nitrogens is 1. The number of hydrogen-bond donors (Lipinski definition) is 3. The summed E-state index contributed by atoms with van der Waals surface area (Å²) in [6.45, 7) is 6.56. The van der Waals surface area contributed by atoms with Crippen molar-refractivity contribution in [3.8, 4) is 0 Å². The molecule has 0 radical (unpaired) electrons. The Kier molecular flexibility index (Phi) is 7.51. The summed E-state index contributed by atoms with van der Waals surface area (Å²) in [6.07, 6.45) is 8.03. The summed E-state index contributed by atoms with van der Waals surface area (Å²) in [7, 11) is 0. The third-order valence-electron chi connectivity index (χ3n) is 6.02. The zero-order chi connectivity index (χ0) is 23.9. The van der Waals surface area contributed by atoms with Crippen LogP contribution < -0.4 is 11.1 Å². The van der Waals surface area contributed by atoms with Crippen LogP contribution in [0.2, 0.25) is 0 Å². The highest BCUT2D eigenvalue weighted by molar-refractivity contribution is 6.19. The molecule has 1 fully saturated rings. The maximum atomic E-state index is 10.7. The molecule has 2 aliphatic rings. The molecule has 8 heteroatoms. The number of allylic oxidation sites excluding steroid dienone is 5. The molecule has 1 aliphatic carbocycles. The van der Waals surface area contributed by atoms with E-state index in [2.05, 4.69) is 20.2 Å². The lowest BCUT2D eigenvalue weighted by Gasteiger charge is -2.26. The highest BCUT2D eigenvalue weighted by Gasteiger charge is 2.21. The van der Waals surface area contributed by atoms with Crippen molar-refractivity contribution in [2.75, 3.05) is 26.3 Å². The van der Waals surface area contributed by atoms with Gasteiger partial charge in [0.05, 0.1) is 18.9 Å². The van der Waals surface area contributed by atoms with Crippen molar-refractivity contribution in [2.45, 2.75) is 20.0 Å². The van der Waals surface area contributed by atoms with Gasteiger partial charge in [0.25, 0.3) is 0 Å². The van der Waals surface area contributed by atoms with Crippen LogP contribution in [0.15, 0.2) is 65.3 Å². The standard InChI is InChI=1S/C26H29N7O/c1-18-23(16-33-9-11-34-12-10-33)32-25(26(29)31-17-27)24(18)20-7-8-21(22(28)13-20)15-30-14-19-5-3-2-4-6-19/h2-8,13,15,17,30,32H,9-12,14,16H2,1H3,(H2-,27,29,31)/q-2/b21-15-. The molecule has 1 aromatic heterocycles. The molecule has 0 spiro atoms. The molecule has 8 nitrogen and oxygen atoms in total. The van der Waals surface area contributed by atoms with Gasteiger partial charge >= 0.3 is 0 Å². The minimum Gasteiger partial charge on any atom is -0.803 e. The lowest BCUT2D eigenvalue weighted by molar-refractivity contribution is 0.0336. The summed E-state index contributed by atoms with van der Waals surface area (Å²) in [6, 6.07) is 10.1. The fourth-order valence-electron chi connectivity index (χ4n) is 4.16. The molecule has 0 saturated carbocycles. The smallest absolute Gasteiger partial charge is 0.0659 e. The van der Waals surface area contributed by atoms with Gasteiger partial charge in [0, 0.05) is 49.5 Å². The van der Waals surface area contributed by atoms with Crippen molar-refractivity contribution in [3.05, 3.63) is 99.2 Å². The SMILES string of the molecule is Cc1c(CN2CCOCC2)[nH]c(C(N)=NC=[N-])c1C1=CC(=[N-])/C(=C\NCc2ccccc2)C=C1. The van der Waals surface area contributed by atoms with Crippen molar-refractivity contribution in [2.24, 2.45) is 10.7 Å². The molecule has 176 valence electrons. The molecular formula is C26H29N7O-2. The van der Waals surface area contributed by atoms with Gasteiger partial charge in [0.1, 0.15) is 0 Å². The quantitative estimate of drug-likeness (QED) is 0.418. The average molecular weight is 456 g/mol. The molecule has 0 bridgehead atoms. The third-order valence-corrected chi connectivity index (χ3v) is 6.02. The first kappa shape index (κ1) is 23.4. The first-order chi connectivity index (χ1) is 16.6. The number of aromatic amines is 1. The van der Waals surface area contributed by atoms with Crippen molar-refractivity contribution in [3.63, 3.8) is 0 Å². The summed E-state index contributed by atoms with van der Waals surface area (Å²) in [5.74, 6) is 0.175. The molecule has 0 amide bonds. The zero-order valence-corrected chi connectivity index (χ0v) is 19.3. The average Bonchev–Trinajstić information content (AvgIpc) is 3.17. The summed E-state index contributed by atoms with van der Waals surface area (Å²) in [4.78, 5) is 9.58. The number of nitrogens with zero attached hydrogens (tertiary/aromatic N) is 4. The second-order valence-corrected chi connectivity index (χ2v) is 8.28. The van der Waals surface area contributed by atoms with E-state index >= 15 is 0 Å². The van der Waals surface area contributed by atoms with Crippen molar-refractivity contribution in [1.82, 2.24) is 15.2 Å². The van der Waals surface area contributed by atoms with Crippen molar-refractivity contribution < 1.29 is 4.74 Å². The number of morpholine rings is 1. The van der Waals surface area contributed by atoms with Crippen LogP contribution in [0.1, 0.15) is 28.1 Å². The van der Waals surface area contributed by atoms with Gasteiger partial charge in [0.15, 0.2) is 0 Å². The van der Waals surface area contributed by atoms with E-state index in [0.29, 0.717) is 37.4 Å². The van der Waals surface area contributed by atoms with E-state index in [1.807, 2.05) is 49.4 Å². The molecule has 1 aromatic carbocycles. The van der Waals surface area contributed by atoms with Gasteiger partial charge in [-0.1, -0.05) is 48.6 Å². The van der Waals surface area contributed by atoms with E-state index in [1.165, 1.54) is 0 Å². The Hall–Kier alpha value is -3.75. The predicted octanol–water partition coefficient (Wildman–Crippen LogP) is 3.10. The summed E-state index contributed by atoms with van der Waals surface area (Å²) < 4.78 is 5.45. The van der Waals surface area contributed by atoms with Gasteiger partial charge in [-0.15, -0.1) is 12.1 Å². The molecule has 4 N–H and O–H groups in total. The van der Waals surface area contributed by atoms with E-state index in [4.69, 9.17) is 15.9 Å². The Morgan fingerprint density at radius 1 is 1.24 bits per heavy atom. The molecule has 1 saturated heterocycles. The summed E-state index contributed by atoms with van der Waals surface area (Å²) >= 11 is 0. The number of amidine groups is 1. The molecule has 4 rings (SSSR count). The van der Waals surface area contributed by atoms with Crippen LogP contribution in [0.4, 0.5) is 0 Å². The lowest BCUT2D eigenvalue weighted by atomic mass is 9.93. The Bertz CT molecular complexity index is 1170. The van der Waals surface area contributed by atoms with Gasteiger partial charge in [-0.3, -0.25) is 4.90 Å². The van der Waals surface area contributed by atoms with Gasteiger partial charge < -0.3 is 36.6 Å².